The molecule has 6 rings (SSSR count). The van der Waals surface area contributed by atoms with E-state index in [-0.39, 0.29) is 13.2 Å². The molecule has 0 bridgehead atoms. The first-order valence-corrected chi connectivity index (χ1v) is 13.7. The van der Waals surface area contributed by atoms with E-state index in [1.165, 1.54) is 0 Å². The summed E-state index contributed by atoms with van der Waals surface area (Å²) in [4.78, 5) is 0. The van der Waals surface area contributed by atoms with Gasteiger partial charge in [-0.05, 0) is 22.3 Å². The maximum Gasteiger partial charge on any atom is 0.178 e. The van der Waals surface area contributed by atoms with Crippen LogP contribution in [0.1, 0.15) is 22.3 Å². The molecule has 0 unspecified atom stereocenters. The van der Waals surface area contributed by atoms with Crippen LogP contribution in [-0.4, -0.2) is 49.9 Å². The van der Waals surface area contributed by atoms with Crippen LogP contribution in [0.5, 0.6) is 0 Å². The standard InChI is InChI=1S/C36H30O5/c37-35(31-15-5-1-11-27(31)28-12-2-6-16-32(28)35)19-9-21-39-23-25-41-26-24-40-22-10-20-36(38)33-17-7-3-13-29(33)30-14-4-8-18-34(30)36/h1-8,11-18,37-38H,21-26H2. The molecule has 0 heterocycles. The molecule has 2 aliphatic carbocycles. The van der Waals surface area contributed by atoms with Crippen molar-refractivity contribution in [1.29, 1.82) is 0 Å². The zero-order valence-corrected chi connectivity index (χ0v) is 22.6. The molecule has 0 saturated heterocycles. The normalized spacial score (nSPS) is 14.5. The van der Waals surface area contributed by atoms with E-state index in [1.54, 1.807) is 0 Å². The van der Waals surface area contributed by atoms with Crippen molar-refractivity contribution in [3.8, 4) is 45.9 Å². The zero-order chi connectivity index (χ0) is 28.1. The molecule has 2 aliphatic rings. The highest BCUT2D eigenvalue weighted by Gasteiger charge is 2.41. The molecule has 4 aromatic rings. The fourth-order valence-electron chi connectivity index (χ4n) is 5.61. The minimum absolute atomic E-state index is 0.192. The first kappa shape index (κ1) is 27.0. The van der Waals surface area contributed by atoms with E-state index in [0.717, 1.165) is 44.5 Å². The Balaban J connectivity index is 0.915. The van der Waals surface area contributed by atoms with E-state index in [2.05, 4.69) is 23.7 Å². The van der Waals surface area contributed by atoms with Crippen LogP contribution in [0.3, 0.4) is 0 Å². The van der Waals surface area contributed by atoms with Crippen molar-refractivity contribution in [2.45, 2.75) is 11.2 Å². The van der Waals surface area contributed by atoms with Crippen LogP contribution < -0.4 is 0 Å². The molecular weight excluding hydrogens is 512 g/mol. The maximum atomic E-state index is 11.4. The Kier molecular flexibility index (Phi) is 7.72. The Morgan fingerprint density at radius 2 is 0.732 bits per heavy atom. The van der Waals surface area contributed by atoms with Crippen LogP contribution in [0, 0.1) is 23.7 Å². The highest BCUT2D eigenvalue weighted by atomic mass is 16.5. The summed E-state index contributed by atoms with van der Waals surface area (Å²) >= 11 is 0. The Labute approximate surface area is 240 Å². The topological polar surface area (TPSA) is 68.2 Å². The number of ether oxygens (including phenoxy) is 3. The Morgan fingerprint density at radius 1 is 0.439 bits per heavy atom. The molecule has 41 heavy (non-hydrogen) atoms. The lowest BCUT2D eigenvalue weighted by Crippen LogP contribution is -2.22. The fraction of sp³-hybridized carbons (Fsp3) is 0.222. The van der Waals surface area contributed by atoms with Crippen molar-refractivity contribution in [1.82, 2.24) is 0 Å². The molecule has 0 aromatic heterocycles. The van der Waals surface area contributed by atoms with E-state index in [9.17, 15) is 10.2 Å². The Morgan fingerprint density at radius 3 is 1.07 bits per heavy atom. The highest BCUT2D eigenvalue weighted by molar-refractivity contribution is 5.82. The number of aliphatic hydroxyl groups is 2. The summed E-state index contributed by atoms with van der Waals surface area (Å²) in [7, 11) is 0. The number of rotatable bonds is 8. The van der Waals surface area contributed by atoms with Crippen molar-refractivity contribution in [2.75, 3.05) is 39.6 Å². The molecule has 0 atom stereocenters. The summed E-state index contributed by atoms with van der Waals surface area (Å²) in [6.07, 6.45) is 0. The van der Waals surface area contributed by atoms with Crippen LogP contribution in [-0.2, 0) is 25.4 Å². The van der Waals surface area contributed by atoms with E-state index < -0.39 is 11.2 Å². The van der Waals surface area contributed by atoms with Gasteiger partial charge in [0.25, 0.3) is 0 Å². The number of hydrogen-bond donors (Lipinski definition) is 2. The molecule has 5 nitrogen and oxygen atoms in total. The van der Waals surface area contributed by atoms with Gasteiger partial charge in [0.05, 0.1) is 26.4 Å². The van der Waals surface area contributed by atoms with Gasteiger partial charge in [0.2, 0.25) is 0 Å². The summed E-state index contributed by atoms with van der Waals surface area (Å²) in [5.74, 6) is 12.0. The SMILES string of the molecule is OC1(C#CCOCCOCCOCC#CC2(O)c3ccccc3-c3ccccc32)c2ccccc2-c2ccccc21. The van der Waals surface area contributed by atoms with Gasteiger partial charge in [-0.25, -0.2) is 0 Å². The summed E-state index contributed by atoms with van der Waals surface area (Å²) in [6.45, 7) is 1.95. The highest BCUT2D eigenvalue weighted by Crippen LogP contribution is 2.47. The molecule has 2 N–H and O–H groups in total. The van der Waals surface area contributed by atoms with Crippen LogP contribution in [0.4, 0.5) is 0 Å². The number of benzene rings is 4. The second-order valence-electron chi connectivity index (χ2n) is 9.92. The lowest BCUT2D eigenvalue weighted by atomic mass is 9.92. The van der Waals surface area contributed by atoms with Crippen molar-refractivity contribution < 1.29 is 24.4 Å². The van der Waals surface area contributed by atoms with Crippen molar-refractivity contribution in [2.24, 2.45) is 0 Å². The van der Waals surface area contributed by atoms with Crippen LogP contribution in [0.15, 0.2) is 97.1 Å². The van der Waals surface area contributed by atoms with Gasteiger partial charge in [-0.15, -0.1) is 0 Å². The lowest BCUT2D eigenvalue weighted by molar-refractivity contribution is 0.0268. The van der Waals surface area contributed by atoms with Gasteiger partial charge in [0.15, 0.2) is 11.2 Å². The molecule has 0 aliphatic heterocycles. The van der Waals surface area contributed by atoms with Crippen LogP contribution >= 0.6 is 0 Å². The monoisotopic (exact) mass is 542 g/mol. The number of hydrogen-bond acceptors (Lipinski definition) is 5. The third-order valence-electron chi connectivity index (χ3n) is 7.48. The molecule has 204 valence electrons. The van der Waals surface area contributed by atoms with Gasteiger partial charge in [-0.1, -0.05) is 121 Å². The minimum Gasteiger partial charge on any atom is -0.377 e. The van der Waals surface area contributed by atoms with Crippen molar-refractivity contribution >= 4 is 0 Å². The summed E-state index contributed by atoms with van der Waals surface area (Å²) < 4.78 is 16.7. The molecule has 5 heteroatoms. The predicted octanol–water partition coefficient (Wildman–Crippen LogP) is 4.88. The van der Waals surface area contributed by atoms with Crippen LogP contribution in [0.2, 0.25) is 0 Å². The molecule has 0 saturated carbocycles. The van der Waals surface area contributed by atoms with Gasteiger partial charge in [-0.2, -0.15) is 0 Å². The van der Waals surface area contributed by atoms with E-state index in [1.807, 2.05) is 97.1 Å². The van der Waals surface area contributed by atoms with E-state index in [0.29, 0.717) is 26.4 Å². The molecule has 0 amide bonds. The van der Waals surface area contributed by atoms with Gasteiger partial charge in [0, 0.05) is 22.3 Å². The van der Waals surface area contributed by atoms with Gasteiger partial charge in [-0.3, -0.25) is 0 Å². The largest absolute Gasteiger partial charge is 0.377 e. The minimum atomic E-state index is -1.34. The Hall–Kier alpha value is -4.20. The smallest absolute Gasteiger partial charge is 0.178 e. The van der Waals surface area contributed by atoms with Gasteiger partial charge >= 0.3 is 0 Å². The quantitative estimate of drug-likeness (QED) is 0.246. The second kappa shape index (κ2) is 11.7. The van der Waals surface area contributed by atoms with E-state index >= 15 is 0 Å². The predicted molar refractivity (Wildman–Crippen MR) is 158 cm³/mol. The number of fused-ring (bicyclic) bond motifs is 6. The molecule has 0 spiro atoms. The first-order chi connectivity index (χ1) is 20.1. The Bertz CT molecular complexity index is 1470. The maximum absolute atomic E-state index is 11.4. The molecule has 0 radical (unpaired) electrons. The van der Waals surface area contributed by atoms with Gasteiger partial charge in [0.1, 0.15) is 13.2 Å². The fourth-order valence-corrected chi connectivity index (χ4v) is 5.61. The lowest BCUT2D eigenvalue weighted by Gasteiger charge is -2.18. The summed E-state index contributed by atoms with van der Waals surface area (Å²) in [6, 6.07) is 31.2. The van der Waals surface area contributed by atoms with Crippen molar-refractivity contribution in [3.05, 3.63) is 119 Å². The molecular formula is C36H30O5. The summed E-state index contributed by atoms with van der Waals surface area (Å²) in [5.41, 5.74) is 4.55. The summed E-state index contributed by atoms with van der Waals surface area (Å²) in [5, 5.41) is 22.9. The first-order valence-electron chi connectivity index (χ1n) is 13.7. The third kappa shape index (κ3) is 5.07. The average molecular weight is 543 g/mol. The third-order valence-corrected chi connectivity index (χ3v) is 7.48. The van der Waals surface area contributed by atoms with Gasteiger partial charge < -0.3 is 24.4 Å². The zero-order valence-electron chi connectivity index (χ0n) is 22.6. The van der Waals surface area contributed by atoms with Crippen LogP contribution in [0.25, 0.3) is 22.3 Å². The van der Waals surface area contributed by atoms with E-state index in [4.69, 9.17) is 14.2 Å². The molecule has 0 fully saturated rings. The second-order valence-corrected chi connectivity index (χ2v) is 9.92. The molecule has 4 aromatic carbocycles. The van der Waals surface area contributed by atoms with Crippen molar-refractivity contribution in [3.63, 3.8) is 0 Å². The average Bonchev–Trinajstić information content (AvgIpc) is 3.42.